The summed E-state index contributed by atoms with van der Waals surface area (Å²) >= 11 is 0. The number of rotatable bonds is 8. The van der Waals surface area contributed by atoms with E-state index >= 15 is 4.39 Å². The number of aliphatic hydroxyl groups excluding tert-OH is 1. The summed E-state index contributed by atoms with van der Waals surface area (Å²) in [5.74, 6) is 0.0332. The molecule has 2 unspecified atom stereocenters. The summed E-state index contributed by atoms with van der Waals surface area (Å²) in [5.41, 5.74) is 4.86. The Kier molecular flexibility index (Phi) is 9.58. The van der Waals surface area contributed by atoms with Crippen LogP contribution in [0.15, 0.2) is 60.8 Å². The number of nitrogens with zero attached hydrogens (tertiary/aromatic N) is 6. The third kappa shape index (κ3) is 6.43. The lowest BCUT2D eigenvalue weighted by molar-refractivity contribution is -0.148. The molecule has 1 aliphatic carbocycles. The molecule has 0 radical (unpaired) electrons. The maximum atomic E-state index is 15.9. The van der Waals surface area contributed by atoms with Gasteiger partial charge in [-0.2, -0.15) is 5.26 Å². The monoisotopic (exact) mass is 826 g/mol. The number of hydrogen-bond donors (Lipinski definition) is 3. The van der Waals surface area contributed by atoms with Crippen molar-refractivity contribution in [3.63, 3.8) is 0 Å². The quantitative estimate of drug-likeness (QED) is 0.167. The molecule has 4 aromatic rings. The summed E-state index contributed by atoms with van der Waals surface area (Å²) in [6.45, 7) is 12.9. The molecule has 6 heterocycles. The van der Waals surface area contributed by atoms with E-state index in [1.165, 1.54) is 6.07 Å². The Labute approximate surface area is 354 Å². The van der Waals surface area contributed by atoms with Gasteiger partial charge in [0, 0.05) is 98.5 Å². The summed E-state index contributed by atoms with van der Waals surface area (Å²) in [6.07, 6.45) is 2.96. The number of hydrogen-bond acceptors (Lipinski definition) is 11. The molecule has 0 bridgehead atoms. The predicted molar refractivity (Wildman–Crippen MR) is 226 cm³/mol. The van der Waals surface area contributed by atoms with Crippen LogP contribution in [0.2, 0.25) is 0 Å². The zero-order valence-electron chi connectivity index (χ0n) is 34.8. The van der Waals surface area contributed by atoms with Gasteiger partial charge >= 0.3 is 0 Å². The Morgan fingerprint density at radius 3 is 2.51 bits per heavy atom. The van der Waals surface area contributed by atoms with Gasteiger partial charge in [-0.05, 0) is 90.4 Å². The number of nitrogens with one attached hydrogen (secondary N) is 2. The number of ether oxygens (including phenoxy) is 1. The van der Waals surface area contributed by atoms with E-state index in [4.69, 9.17) is 4.74 Å². The number of nitriles is 1. The van der Waals surface area contributed by atoms with E-state index in [1.807, 2.05) is 30.3 Å². The number of amides is 3. The van der Waals surface area contributed by atoms with Crippen LogP contribution < -0.4 is 25.2 Å². The first-order valence-corrected chi connectivity index (χ1v) is 21.6. The van der Waals surface area contributed by atoms with E-state index in [9.17, 15) is 24.8 Å². The number of benzene rings is 3. The van der Waals surface area contributed by atoms with Gasteiger partial charge in [0.1, 0.15) is 36.0 Å². The van der Waals surface area contributed by atoms with Crippen LogP contribution in [0.4, 0.5) is 15.8 Å². The summed E-state index contributed by atoms with van der Waals surface area (Å²) in [4.78, 5) is 50.4. The lowest BCUT2D eigenvalue weighted by Crippen LogP contribution is -2.78. The zero-order valence-corrected chi connectivity index (χ0v) is 34.8. The lowest BCUT2D eigenvalue weighted by Gasteiger charge is -2.66. The summed E-state index contributed by atoms with van der Waals surface area (Å²) in [6, 6.07) is 18.0. The number of fused-ring (bicyclic) bond motifs is 3. The smallest absolute Gasteiger partial charge is 0.255 e. The van der Waals surface area contributed by atoms with Crippen LogP contribution in [0.1, 0.15) is 85.3 Å². The molecule has 3 amide bonds. The minimum Gasteiger partial charge on any atom is -0.488 e. The molecule has 5 atom stereocenters. The molecule has 3 aromatic carbocycles. The van der Waals surface area contributed by atoms with Gasteiger partial charge in [0.25, 0.3) is 5.91 Å². The maximum Gasteiger partial charge on any atom is 0.255 e. The van der Waals surface area contributed by atoms with Gasteiger partial charge in [-0.1, -0.05) is 26.8 Å². The molecule has 6 aliphatic rings. The van der Waals surface area contributed by atoms with Gasteiger partial charge in [-0.25, -0.2) is 4.39 Å². The second-order valence-corrected chi connectivity index (χ2v) is 18.6. The van der Waals surface area contributed by atoms with Gasteiger partial charge in [0.15, 0.2) is 0 Å². The van der Waals surface area contributed by atoms with E-state index in [-0.39, 0.29) is 41.6 Å². The molecule has 13 nitrogen and oxygen atoms in total. The summed E-state index contributed by atoms with van der Waals surface area (Å²) < 4.78 is 22.5. The number of piperidine rings is 2. The van der Waals surface area contributed by atoms with Crippen molar-refractivity contribution in [2.45, 2.75) is 82.8 Å². The van der Waals surface area contributed by atoms with Crippen LogP contribution in [0.3, 0.4) is 0 Å². The molecular weight excluding hydrogens is 776 g/mol. The van der Waals surface area contributed by atoms with Crippen LogP contribution in [0, 0.1) is 28.5 Å². The standard InChI is InChI=1S/C47H51FN8O5/c1-46(2)44(47(3)33-12-15-50-40-29(24-49)5-10-37(39(33)40)61-45(46)47)52-41(58)28-4-8-35(34(48)23-28)55-16-13-27(14-17-55)25-53-18-20-54(21-19-53)31-6-7-32-30(22-31)26-56(43(32)60)36-9-11-38(57)51-42(36)59/h4-8,10,12,15,22-23,27,36,41,44-45,52,58H,9,11,13-14,16-21,25-26H2,1-3H3,(H,51,57,59)/t36-,41?,44-,45-,47?/m0/s1. The second kappa shape index (κ2) is 14.8. The molecule has 5 aliphatic heterocycles. The molecule has 1 aromatic heterocycles. The minimum absolute atomic E-state index is 0.156. The molecule has 4 fully saturated rings. The first kappa shape index (κ1) is 39.5. The molecule has 14 heteroatoms. The van der Waals surface area contributed by atoms with E-state index < -0.39 is 23.6 Å². The van der Waals surface area contributed by atoms with Crippen molar-refractivity contribution in [3.8, 4) is 11.8 Å². The van der Waals surface area contributed by atoms with Crippen molar-refractivity contribution in [1.29, 1.82) is 5.26 Å². The molecule has 1 saturated carbocycles. The van der Waals surface area contributed by atoms with Gasteiger partial charge in [0.05, 0.1) is 16.8 Å². The number of carbonyl (C=O) groups excluding carboxylic acids is 3. The number of piperazine rings is 1. The lowest BCUT2D eigenvalue weighted by atomic mass is 9.45. The zero-order chi connectivity index (χ0) is 42.4. The van der Waals surface area contributed by atoms with Crippen molar-refractivity contribution in [3.05, 3.63) is 94.4 Å². The molecule has 3 saturated heterocycles. The topological polar surface area (TPSA) is 154 Å². The highest BCUT2D eigenvalue weighted by Gasteiger charge is 2.68. The third-order valence-corrected chi connectivity index (χ3v) is 14.7. The Morgan fingerprint density at radius 2 is 1.77 bits per heavy atom. The largest absolute Gasteiger partial charge is 0.488 e. The number of halogens is 1. The first-order valence-electron chi connectivity index (χ1n) is 21.6. The molecule has 0 spiro atoms. The second-order valence-electron chi connectivity index (χ2n) is 18.6. The highest BCUT2D eigenvalue weighted by molar-refractivity contribution is 6.05. The van der Waals surface area contributed by atoms with Crippen molar-refractivity contribution in [1.82, 2.24) is 25.4 Å². The SMILES string of the molecule is CC1(C)[C@H](NC(O)c2ccc(N3CCC(CN4CCN(c5ccc6c(c5)CN([C@H]5CCC(=O)NC5=O)C6=O)CC4)CC3)c(F)c2)C2(C)c3ccnc4c(C#N)ccc(c34)O[C@@H]12. The molecule has 10 rings (SSSR count). The predicted octanol–water partition coefficient (Wildman–Crippen LogP) is 4.75. The third-order valence-electron chi connectivity index (χ3n) is 14.7. The van der Waals surface area contributed by atoms with E-state index in [0.717, 1.165) is 80.9 Å². The van der Waals surface area contributed by atoms with Gasteiger partial charge in [-0.3, -0.25) is 34.9 Å². The normalized spacial score (nSPS) is 26.6. The Bertz CT molecular complexity index is 2510. The van der Waals surface area contributed by atoms with Crippen molar-refractivity contribution in [2.75, 3.05) is 55.6 Å². The van der Waals surface area contributed by atoms with Crippen LogP contribution in [0.5, 0.6) is 5.75 Å². The summed E-state index contributed by atoms with van der Waals surface area (Å²) in [5, 5.41) is 27.9. The fourth-order valence-corrected chi connectivity index (χ4v) is 11.6. The molecule has 3 N–H and O–H groups in total. The maximum absolute atomic E-state index is 15.9. The molecular formula is C47H51FN8O5. The Balaban J connectivity index is 0.725. The van der Waals surface area contributed by atoms with E-state index in [0.29, 0.717) is 52.5 Å². The van der Waals surface area contributed by atoms with Gasteiger partial charge in [0.2, 0.25) is 11.8 Å². The van der Waals surface area contributed by atoms with E-state index in [1.54, 1.807) is 23.2 Å². The Hall–Kier alpha value is -5.62. The highest BCUT2D eigenvalue weighted by Crippen LogP contribution is 2.61. The molecule has 316 valence electrons. The fraction of sp³-hybridized carbons (Fsp3) is 0.468. The van der Waals surface area contributed by atoms with Crippen molar-refractivity contribution < 1.29 is 28.6 Å². The van der Waals surface area contributed by atoms with Crippen molar-refractivity contribution in [2.24, 2.45) is 11.3 Å². The van der Waals surface area contributed by atoms with Gasteiger partial charge in [-0.15, -0.1) is 0 Å². The number of carbonyl (C=O) groups is 3. The van der Waals surface area contributed by atoms with Crippen LogP contribution in [-0.2, 0) is 21.5 Å². The summed E-state index contributed by atoms with van der Waals surface area (Å²) in [7, 11) is 0. The van der Waals surface area contributed by atoms with Gasteiger partial charge < -0.3 is 24.5 Å². The van der Waals surface area contributed by atoms with Crippen LogP contribution in [0.25, 0.3) is 10.9 Å². The number of aliphatic hydroxyl groups is 1. The highest BCUT2D eigenvalue weighted by atomic mass is 19.1. The number of anilines is 2. The average Bonchev–Trinajstić information content (AvgIpc) is 3.59. The number of pyridine rings is 1. The Morgan fingerprint density at radius 1 is 0.984 bits per heavy atom. The number of imide groups is 1. The molecule has 61 heavy (non-hydrogen) atoms. The first-order chi connectivity index (χ1) is 29.3. The number of aromatic nitrogens is 1. The average molecular weight is 827 g/mol. The van der Waals surface area contributed by atoms with Crippen LogP contribution in [-0.4, -0.2) is 102 Å². The van der Waals surface area contributed by atoms with Crippen LogP contribution >= 0.6 is 0 Å². The van der Waals surface area contributed by atoms with Crippen molar-refractivity contribution >= 4 is 40.0 Å². The van der Waals surface area contributed by atoms with E-state index in [2.05, 4.69) is 63.2 Å². The minimum atomic E-state index is -1.11. The fourth-order valence-electron chi connectivity index (χ4n) is 11.6.